The van der Waals surface area contributed by atoms with Crippen molar-refractivity contribution in [3.63, 3.8) is 0 Å². The summed E-state index contributed by atoms with van der Waals surface area (Å²) >= 11 is 0. The lowest BCUT2D eigenvalue weighted by Crippen LogP contribution is -2.16. The van der Waals surface area contributed by atoms with Gasteiger partial charge in [-0.3, -0.25) is 4.68 Å². The molecule has 0 amide bonds. The molecular weight excluding hydrogens is 254 g/mol. The molecule has 1 atom stereocenters. The minimum absolute atomic E-state index is 0.133. The first-order chi connectivity index (χ1) is 9.76. The molecular formula is C15H21N3O2. The molecule has 1 N–H and O–H groups in total. The van der Waals surface area contributed by atoms with Gasteiger partial charge in [0.15, 0.2) is 0 Å². The molecule has 0 aliphatic rings. The number of methoxy groups -OCH3 is 1. The highest BCUT2D eigenvalue weighted by Gasteiger charge is 2.14. The number of nitrogens with zero attached hydrogens (tertiary/aromatic N) is 3. The van der Waals surface area contributed by atoms with Crippen LogP contribution < -0.4 is 4.74 Å². The number of benzene rings is 1. The number of hydrogen-bond donors (Lipinski definition) is 1. The van der Waals surface area contributed by atoms with Crippen molar-refractivity contribution in [1.82, 2.24) is 14.8 Å². The van der Waals surface area contributed by atoms with Gasteiger partial charge in [-0.05, 0) is 37.0 Å². The molecule has 5 nitrogen and oxygen atoms in total. The molecule has 0 bridgehead atoms. The van der Waals surface area contributed by atoms with Crippen LogP contribution in [0, 0.1) is 5.92 Å². The lowest BCUT2D eigenvalue weighted by molar-refractivity contribution is 0.221. The molecule has 108 valence electrons. The second-order valence-corrected chi connectivity index (χ2v) is 4.80. The Balaban J connectivity index is 2.05. The Morgan fingerprint density at radius 1 is 1.35 bits per heavy atom. The maximum Gasteiger partial charge on any atom is 0.138 e. The van der Waals surface area contributed by atoms with Crippen molar-refractivity contribution in [2.75, 3.05) is 13.7 Å². The van der Waals surface area contributed by atoms with Crippen molar-refractivity contribution in [3.8, 4) is 5.75 Å². The fourth-order valence-corrected chi connectivity index (χ4v) is 2.30. The van der Waals surface area contributed by atoms with Gasteiger partial charge in [0.1, 0.15) is 17.9 Å². The lowest BCUT2D eigenvalue weighted by Gasteiger charge is -2.14. The van der Waals surface area contributed by atoms with E-state index in [2.05, 4.69) is 16.1 Å². The third kappa shape index (κ3) is 3.57. The van der Waals surface area contributed by atoms with Gasteiger partial charge in [-0.1, -0.05) is 12.1 Å². The number of rotatable bonds is 7. The highest BCUT2D eigenvalue weighted by molar-refractivity contribution is 5.28. The van der Waals surface area contributed by atoms with E-state index in [1.165, 1.54) is 0 Å². The quantitative estimate of drug-likeness (QED) is 0.835. The minimum Gasteiger partial charge on any atom is -0.497 e. The number of hydrogen-bond acceptors (Lipinski definition) is 4. The van der Waals surface area contributed by atoms with E-state index < -0.39 is 0 Å². The Labute approximate surface area is 119 Å². The molecule has 0 saturated carbocycles. The highest BCUT2D eigenvalue weighted by Crippen LogP contribution is 2.18. The van der Waals surface area contributed by atoms with E-state index in [0.717, 1.165) is 36.5 Å². The van der Waals surface area contributed by atoms with Crippen molar-refractivity contribution in [1.29, 1.82) is 0 Å². The summed E-state index contributed by atoms with van der Waals surface area (Å²) in [5.41, 5.74) is 1.16. The van der Waals surface area contributed by atoms with Gasteiger partial charge in [-0.25, -0.2) is 4.98 Å². The Morgan fingerprint density at radius 3 is 2.90 bits per heavy atom. The van der Waals surface area contributed by atoms with Gasteiger partial charge < -0.3 is 9.84 Å². The van der Waals surface area contributed by atoms with Crippen LogP contribution in [0.3, 0.4) is 0 Å². The second-order valence-electron chi connectivity index (χ2n) is 4.80. The van der Waals surface area contributed by atoms with Crippen LogP contribution in [-0.2, 0) is 19.4 Å². The van der Waals surface area contributed by atoms with Crippen LogP contribution >= 0.6 is 0 Å². The van der Waals surface area contributed by atoms with Crippen LogP contribution in [0.1, 0.15) is 18.3 Å². The van der Waals surface area contributed by atoms with Gasteiger partial charge in [0.05, 0.1) is 7.11 Å². The van der Waals surface area contributed by atoms with Gasteiger partial charge in [0.2, 0.25) is 0 Å². The molecule has 0 saturated heterocycles. The molecule has 2 aromatic rings. The first-order valence-corrected chi connectivity index (χ1v) is 6.87. The van der Waals surface area contributed by atoms with Crippen LogP contribution in [0.2, 0.25) is 0 Å². The average Bonchev–Trinajstić information content (AvgIpc) is 2.94. The SMILES string of the molecule is CCn1ncnc1CC(CO)Cc1cccc(OC)c1. The fraction of sp³-hybridized carbons (Fsp3) is 0.467. The fourth-order valence-electron chi connectivity index (χ4n) is 2.30. The van der Waals surface area contributed by atoms with E-state index in [9.17, 15) is 5.11 Å². The van der Waals surface area contributed by atoms with Gasteiger partial charge in [0, 0.05) is 19.6 Å². The number of ether oxygens (including phenoxy) is 1. The Bertz CT molecular complexity index is 539. The zero-order valence-corrected chi connectivity index (χ0v) is 12.0. The summed E-state index contributed by atoms with van der Waals surface area (Å²) in [6.45, 7) is 2.97. The van der Waals surface area contributed by atoms with Gasteiger partial charge >= 0.3 is 0 Å². The standard InChI is InChI=1S/C15H21N3O2/c1-3-18-15(16-11-17-18)9-13(10-19)7-12-5-4-6-14(8-12)20-2/h4-6,8,11,13,19H,3,7,9-10H2,1-2H3. The molecule has 20 heavy (non-hydrogen) atoms. The van der Waals surface area contributed by atoms with E-state index in [1.54, 1.807) is 13.4 Å². The number of aryl methyl sites for hydroxylation is 1. The van der Waals surface area contributed by atoms with Crippen LogP contribution in [0.4, 0.5) is 0 Å². The van der Waals surface area contributed by atoms with E-state index in [0.29, 0.717) is 0 Å². The van der Waals surface area contributed by atoms with Crippen molar-refractivity contribution < 1.29 is 9.84 Å². The number of aromatic nitrogens is 3. The molecule has 0 fully saturated rings. The molecule has 1 aromatic heterocycles. The minimum atomic E-state index is 0.133. The van der Waals surface area contributed by atoms with E-state index >= 15 is 0 Å². The molecule has 0 aliphatic heterocycles. The molecule has 1 heterocycles. The van der Waals surface area contributed by atoms with Gasteiger partial charge in [-0.15, -0.1) is 0 Å². The monoisotopic (exact) mass is 275 g/mol. The molecule has 1 aromatic carbocycles. The van der Waals surface area contributed by atoms with Crippen molar-refractivity contribution in [2.24, 2.45) is 5.92 Å². The van der Waals surface area contributed by atoms with E-state index in [4.69, 9.17) is 4.74 Å². The molecule has 0 aliphatic carbocycles. The Morgan fingerprint density at radius 2 is 2.20 bits per heavy atom. The smallest absolute Gasteiger partial charge is 0.138 e. The van der Waals surface area contributed by atoms with Crippen LogP contribution in [0.5, 0.6) is 5.75 Å². The summed E-state index contributed by atoms with van der Waals surface area (Å²) in [5.74, 6) is 1.90. The first-order valence-electron chi connectivity index (χ1n) is 6.87. The van der Waals surface area contributed by atoms with E-state index in [-0.39, 0.29) is 12.5 Å². The van der Waals surface area contributed by atoms with Crippen molar-refractivity contribution in [2.45, 2.75) is 26.3 Å². The lowest BCUT2D eigenvalue weighted by atomic mass is 9.96. The predicted molar refractivity (Wildman–Crippen MR) is 76.7 cm³/mol. The normalized spacial score (nSPS) is 12.3. The van der Waals surface area contributed by atoms with Crippen LogP contribution in [0.15, 0.2) is 30.6 Å². The first kappa shape index (κ1) is 14.5. The maximum absolute atomic E-state index is 9.59. The van der Waals surface area contributed by atoms with Gasteiger partial charge in [0.25, 0.3) is 0 Å². The largest absolute Gasteiger partial charge is 0.497 e. The Kier molecular flexibility index (Phi) is 5.12. The van der Waals surface area contributed by atoms with Crippen molar-refractivity contribution >= 4 is 0 Å². The van der Waals surface area contributed by atoms with Crippen LogP contribution in [-0.4, -0.2) is 33.6 Å². The molecule has 0 spiro atoms. The zero-order valence-electron chi connectivity index (χ0n) is 12.0. The average molecular weight is 275 g/mol. The molecule has 1 unspecified atom stereocenters. The van der Waals surface area contributed by atoms with Crippen molar-refractivity contribution in [3.05, 3.63) is 42.0 Å². The summed E-state index contributed by atoms with van der Waals surface area (Å²) in [6.07, 6.45) is 3.09. The second kappa shape index (κ2) is 7.05. The topological polar surface area (TPSA) is 60.2 Å². The molecule has 0 radical (unpaired) electrons. The van der Waals surface area contributed by atoms with E-state index in [1.807, 2.05) is 29.8 Å². The summed E-state index contributed by atoms with van der Waals surface area (Å²) in [7, 11) is 1.66. The molecule has 5 heteroatoms. The third-order valence-corrected chi connectivity index (χ3v) is 3.38. The number of aliphatic hydroxyl groups is 1. The zero-order chi connectivity index (χ0) is 14.4. The highest BCUT2D eigenvalue weighted by atomic mass is 16.5. The molecule has 2 rings (SSSR count). The third-order valence-electron chi connectivity index (χ3n) is 3.38. The Hall–Kier alpha value is -1.88. The summed E-state index contributed by atoms with van der Waals surface area (Å²) < 4.78 is 7.09. The number of aliphatic hydroxyl groups excluding tert-OH is 1. The van der Waals surface area contributed by atoms with Crippen LogP contribution in [0.25, 0.3) is 0 Å². The summed E-state index contributed by atoms with van der Waals surface area (Å²) in [4.78, 5) is 4.27. The predicted octanol–water partition coefficient (Wildman–Crippen LogP) is 1.70. The summed E-state index contributed by atoms with van der Waals surface area (Å²) in [6, 6.07) is 7.95. The summed E-state index contributed by atoms with van der Waals surface area (Å²) in [5, 5.41) is 13.7. The van der Waals surface area contributed by atoms with Gasteiger partial charge in [-0.2, -0.15) is 5.10 Å². The maximum atomic E-state index is 9.59.